The lowest BCUT2D eigenvalue weighted by Gasteiger charge is -2.17. The number of Topliss-reactive ketones (excluding diaryl/α,β-unsaturated/α-hetero) is 1. The number of ketones is 1. The van der Waals surface area contributed by atoms with E-state index in [1.165, 1.54) is 25.1 Å². The molecule has 9 heteroatoms. The Morgan fingerprint density at radius 3 is 2.58 bits per heavy atom. The quantitative estimate of drug-likeness (QED) is 0.343. The van der Waals surface area contributed by atoms with Gasteiger partial charge in [0.25, 0.3) is 8.80 Å². The lowest BCUT2D eigenvalue weighted by molar-refractivity contribution is -0.384. The lowest BCUT2D eigenvalue weighted by Crippen LogP contribution is -2.36. The Morgan fingerprint density at radius 1 is 1.53 bits per heavy atom. The van der Waals surface area contributed by atoms with E-state index in [0.717, 1.165) is 6.07 Å². The second-order valence-electron chi connectivity index (χ2n) is 3.56. The van der Waals surface area contributed by atoms with Crippen LogP contribution in [0.1, 0.15) is 17.3 Å². The highest BCUT2D eigenvalue weighted by Crippen LogP contribution is 2.35. The predicted molar refractivity (Wildman–Crippen MR) is 74.4 cm³/mol. The fraction of sp³-hybridized carbons (Fsp3) is 0.300. The molecule has 0 unspecified atom stereocenters. The van der Waals surface area contributed by atoms with Gasteiger partial charge in [-0.25, -0.2) is 8.42 Å². The van der Waals surface area contributed by atoms with Gasteiger partial charge < -0.3 is 0 Å². The molecular weight excluding hydrogens is 362 g/mol. The highest BCUT2D eigenvalue weighted by Gasteiger charge is 2.46. The average Bonchev–Trinajstić information content (AvgIpc) is 2.37. The highest BCUT2D eigenvalue weighted by molar-refractivity contribution is 9.12. The SMILES string of the molecule is CCS(=O)(=O)[C@@](Cl)(Br)C(=O)c1cccc([N+](=O)[O-])c1. The molecular formula is C10H9BrClNO5S. The molecule has 0 aliphatic rings. The van der Waals surface area contributed by atoms with E-state index in [1.54, 1.807) is 0 Å². The number of sulfone groups is 1. The van der Waals surface area contributed by atoms with Crippen molar-refractivity contribution in [3.8, 4) is 0 Å². The molecule has 0 saturated carbocycles. The van der Waals surface area contributed by atoms with E-state index in [1.807, 2.05) is 0 Å². The summed E-state index contributed by atoms with van der Waals surface area (Å²) in [4.78, 5) is 22.0. The van der Waals surface area contributed by atoms with Gasteiger partial charge in [-0.1, -0.05) is 30.7 Å². The second-order valence-corrected chi connectivity index (χ2v) is 8.94. The minimum Gasteiger partial charge on any atom is -0.290 e. The smallest absolute Gasteiger partial charge is 0.270 e. The van der Waals surface area contributed by atoms with Crippen LogP contribution in [0.3, 0.4) is 0 Å². The second kappa shape index (κ2) is 5.56. The van der Waals surface area contributed by atoms with E-state index in [-0.39, 0.29) is 17.0 Å². The zero-order chi connectivity index (χ0) is 14.8. The van der Waals surface area contributed by atoms with Crippen LogP contribution >= 0.6 is 27.5 Å². The summed E-state index contributed by atoms with van der Waals surface area (Å²) >= 11 is 8.44. The fourth-order valence-corrected chi connectivity index (χ4v) is 3.37. The maximum atomic E-state index is 12.1. The predicted octanol–water partition coefficient (Wildman–Crippen LogP) is 2.50. The fourth-order valence-electron chi connectivity index (χ4n) is 1.25. The molecule has 0 heterocycles. The molecule has 1 aromatic rings. The largest absolute Gasteiger partial charge is 0.290 e. The molecule has 0 spiro atoms. The molecule has 6 nitrogen and oxygen atoms in total. The molecule has 1 atom stereocenters. The van der Waals surface area contributed by atoms with Crippen LogP contribution in [-0.4, -0.2) is 28.0 Å². The summed E-state index contributed by atoms with van der Waals surface area (Å²) in [6.45, 7) is 1.34. The Kier molecular flexibility index (Phi) is 4.70. The van der Waals surface area contributed by atoms with Crippen molar-refractivity contribution in [1.82, 2.24) is 0 Å². The topological polar surface area (TPSA) is 94.3 Å². The van der Waals surface area contributed by atoms with Gasteiger partial charge in [-0.15, -0.1) is 0 Å². The molecule has 19 heavy (non-hydrogen) atoms. The van der Waals surface area contributed by atoms with Crippen LogP contribution in [-0.2, 0) is 9.84 Å². The number of carbonyl (C=O) groups is 1. The molecule has 0 fully saturated rings. The van der Waals surface area contributed by atoms with Crippen molar-refractivity contribution in [3.05, 3.63) is 39.9 Å². The summed E-state index contributed by atoms with van der Waals surface area (Å²) in [5, 5.41) is 10.6. The molecule has 0 amide bonds. The maximum Gasteiger partial charge on any atom is 0.270 e. The van der Waals surface area contributed by atoms with E-state index in [0.29, 0.717) is 0 Å². The van der Waals surface area contributed by atoms with Crippen LogP contribution in [0.5, 0.6) is 0 Å². The molecule has 0 bridgehead atoms. The number of benzene rings is 1. The first kappa shape index (κ1) is 16.1. The summed E-state index contributed by atoms with van der Waals surface area (Å²) in [5.74, 6) is -1.30. The van der Waals surface area contributed by atoms with Crippen molar-refractivity contribution in [2.75, 3.05) is 5.75 Å². The van der Waals surface area contributed by atoms with Gasteiger partial charge in [0.2, 0.25) is 5.78 Å². The third-order valence-electron chi connectivity index (χ3n) is 2.35. The van der Waals surface area contributed by atoms with Crippen molar-refractivity contribution in [2.45, 2.75) is 10.0 Å². The van der Waals surface area contributed by atoms with Crippen LogP contribution in [0.15, 0.2) is 24.3 Å². The lowest BCUT2D eigenvalue weighted by atomic mass is 10.1. The first-order valence-electron chi connectivity index (χ1n) is 5.03. The summed E-state index contributed by atoms with van der Waals surface area (Å²) in [6, 6.07) is 4.71. The molecule has 0 N–H and O–H groups in total. The zero-order valence-electron chi connectivity index (χ0n) is 9.67. The number of nitrogens with zero attached hydrogens (tertiary/aromatic N) is 1. The van der Waals surface area contributed by atoms with Crippen molar-refractivity contribution in [1.29, 1.82) is 0 Å². The van der Waals surface area contributed by atoms with Crippen LogP contribution in [0.2, 0.25) is 0 Å². The van der Waals surface area contributed by atoms with Gasteiger partial charge in [0.05, 0.1) is 10.7 Å². The van der Waals surface area contributed by atoms with Gasteiger partial charge >= 0.3 is 0 Å². The van der Waals surface area contributed by atoms with E-state index >= 15 is 0 Å². The normalized spacial score (nSPS) is 14.7. The van der Waals surface area contributed by atoms with E-state index < -0.39 is 23.7 Å². The van der Waals surface area contributed by atoms with Crippen LogP contribution in [0, 0.1) is 10.1 Å². The molecule has 1 rings (SSSR count). The van der Waals surface area contributed by atoms with Crippen molar-refractivity contribution in [2.24, 2.45) is 0 Å². The van der Waals surface area contributed by atoms with Gasteiger partial charge in [0, 0.05) is 17.7 Å². The minimum absolute atomic E-state index is 0.155. The standard InChI is InChI=1S/C10H9BrClNO5S/c1-2-19(17,18)10(11,12)9(14)7-4-3-5-8(6-7)13(15)16/h3-6H,2H2,1H3/t10-/m1/s1. The zero-order valence-corrected chi connectivity index (χ0v) is 12.8. The van der Waals surface area contributed by atoms with Crippen LogP contribution < -0.4 is 0 Å². The molecule has 1 aromatic carbocycles. The monoisotopic (exact) mass is 369 g/mol. The Balaban J connectivity index is 3.28. The Morgan fingerprint density at radius 2 is 2.11 bits per heavy atom. The van der Waals surface area contributed by atoms with Crippen LogP contribution in [0.4, 0.5) is 5.69 Å². The number of nitro groups is 1. The number of halogens is 2. The maximum absolute atomic E-state index is 12.1. The summed E-state index contributed by atoms with van der Waals surface area (Å²) in [5.41, 5.74) is -0.474. The van der Waals surface area contributed by atoms with Crippen molar-refractivity contribution in [3.63, 3.8) is 0 Å². The Bertz CT molecular complexity index is 629. The third kappa shape index (κ3) is 3.13. The molecule has 0 radical (unpaired) electrons. The van der Waals surface area contributed by atoms with Crippen molar-refractivity contribution < 1.29 is 18.1 Å². The van der Waals surface area contributed by atoms with E-state index in [4.69, 9.17) is 11.6 Å². The van der Waals surface area contributed by atoms with E-state index in [9.17, 15) is 23.3 Å². The van der Waals surface area contributed by atoms with Gasteiger partial charge in [-0.05, 0) is 15.9 Å². The van der Waals surface area contributed by atoms with Gasteiger partial charge in [0.15, 0.2) is 9.84 Å². The molecule has 0 saturated heterocycles. The molecule has 0 aliphatic heterocycles. The average molecular weight is 371 g/mol. The number of non-ortho nitro benzene ring substituents is 1. The molecule has 0 aliphatic carbocycles. The number of alkyl halides is 2. The summed E-state index contributed by atoms with van der Waals surface area (Å²) in [6.07, 6.45) is 0. The van der Waals surface area contributed by atoms with Gasteiger partial charge in [-0.3, -0.25) is 14.9 Å². The molecule has 0 aromatic heterocycles. The number of nitro benzene ring substituents is 1. The first-order valence-corrected chi connectivity index (χ1v) is 7.85. The van der Waals surface area contributed by atoms with Crippen LogP contribution in [0.25, 0.3) is 0 Å². The summed E-state index contributed by atoms with van der Waals surface area (Å²) < 4.78 is 21.1. The third-order valence-corrected chi connectivity index (χ3v) is 6.80. The number of rotatable bonds is 5. The first-order chi connectivity index (χ1) is 8.63. The van der Waals surface area contributed by atoms with Crippen molar-refractivity contribution >= 4 is 48.8 Å². The number of carbonyl (C=O) groups excluding carboxylic acids is 1. The Hall–Kier alpha value is -0.990. The minimum atomic E-state index is -3.92. The Labute approximate surface area is 123 Å². The summed E-state index contributed by atoms with van der Waals surface area (Å²) in [7, 11) is -3.92. The number of hydrogen-bond acceptors (Lipinski definition) is 5. The molecule has 104 valence electrons. The van der Waals surface area contributed by atoms with Gasteiger partial charge in [-0.2, -0.15) is 0 Å². The van der Waals surface area contributed by atoms with E-state index in [2.05, 4.69) is 15.9 Å². The van der Waals surface area contributed by atoms with Gasteiger partial charge in [0.1, 0.15) is 0 Å². The number of hydrogen-bond donors (Lipinski definition) is 0. The highest BCUT2D eigenvalue weighted by atomic mass is 79.9.